The van der Waals surface area contributed by atoms with Gasteiger partial charge in [-0.05, 0) is 17.4 Å². The first-order chi connectivity index (χ1) is 12.4. The molecule has 1 aliphatic rings. The highest BCUT2D eigenvalue weighted by Gasteiger charge is 2.30. The van der Waals surface area contributed by atoms with Gasteiger partial charge in [0.05, 0.1) is 0 Å². The molecule has 1 aromatic rings. The van der Waals surface area contributed by atoms with E-state index in [1.807, 2.05) is 18.2 Å². The monoisotopic (exact) mass is 359 g/mol. The third-order valence-corrected chi connectivity index (χ3v) is 4.55. The van der Waals surface area contributed by atoms with Crippen molar-refractivity contribution in [2.75, 3.05) is 39.3 Å². The number of rotatable bonds is 6. The largest absolute Gasteiger partial charge is 0.334 e. The van der Waals surface area contributed by atoms with Crippen LogP contribution in [0.5, 0.6) is 0 Å². The molecule has 0 saturated carbocycles. The summed E-state index contributed by atoms with van der Waals surface area (Å²) in [5.41, 5.74) is 1.28. The molecule has 2 rings (SSSR count). The summed E-state index contributed by atoms with van der Waals surface area (Å²) in [4.78, 5) is 31.2. The molecule has 0 aliphatic carbocycles. The van der Waals surface area contributed by atoms with Gasteiger partial charge < -0.3 is 9.80 Å². The van der Waals surface area contributed by atoms with E-state index < -0.39 is 0 Å². The Morgan fingerprint density at radius 1 is 0.923 bits per heavy atom. The molecule has 1 saturated heterocycles. The second kappa shape index (κ2) is 9.72. The summed E-state index contributed by atoms with van der Waals surface area (Å²) in [6.07, 6.45) is 0. The van der Waals surface area contributed by atoms with E-state index in [1.54, 1.807) is 9.80 Å². The van der Waals surface area contributed by atoms with E-state index in [-0.39, 0.29) is 11.8 Å². The Balaban J connectivity index is 1.88. The van der Waals surface area contributed by atoms with Gasteiger partial charge in [0.1, 0.15) is 0 Å². The van der Waals surface area contributed by atoms with Gasteiger partial charge >= 0.3 is 11.8 Å². The highest BCUT2D eigenvalue weighted by molar-refractivity contribution is 6.34. The number of piperazine rings is 1. The van der Waals surface area contributed by atoms with Crippen LogP contribution in [0, 0.1) is 11.8 Å². The van der Waals surface area contributed by atoms with Crippen LogP contribution in [0.2, 0.25) is 0 Å². The molecular weight excluding hydrogens is 326 g/mol. The zero-order valence-corrected chi connectivity index (χ0v) is 16.6. The minimum absolute atomic E-state index is 0.342. The Labute approximate surface area is 158 Å². The van der Waals surface area contributed by atoms with Crippen LogP contribution in [0.4, 0.5) is 0 Å². The quantitative estimate of drug-likeness (QED) is 0.733. The van der Waals surface area contributed by atoms with E-state index >= 15 is 0 Å². The lowest BCUT2D eigenvalue weighted by molar-refractivity contribution is -0.153. The molecule has 1 heterocycles. The SMILES string of the molecule is CC(C)CN(CC(C)C)C(=O)C(=O)N1CCN(Cc2ccccc2)CC1. The predicted molar refractivity (Wildman–Crippen MR) is 105 cm³/mol. The van der Waals surface area contributed by atoms with Gasteiger partial charge in [-0.2, -0.15) is 0 Å². The fraction of sp³-hybridized carbons (Fsp3) is 0.619. The first kappa shape index (κ1) is 20.4. The molecule has 0 atom stereocenters. The van der Waals surface area contributed by atoms with E-state index in [0.29, 0.717) is 38.0 Å². The van der Waals surface area contributed by atoms with Crippen molar-refractivity contribution in [1.82, 2.24) is 14.7 Å². The van der Waals surface area contributed by atoms with Gasteiger partial charge in [-0.3, -0.25) is 14.5 Å². The van der Waals surface area contributed by atoms with Gasteiger partial charge in [0, 0.05) is 45.8 Å². The molecular formula is C21H33N3O2. The zero-order chi connectivity index (χ0) is 19.1. The van der Waals surface area contributed by atoms with E-state index in [0.717, 1.165) is 19.6 Å². The van der Waals surface area contributed by atoms with Crippen molar-refractivity contribution in [1.29, 1.82) is 0 Å². The second-order valence-corrected chi connectivity index (χ2v) is 8.05. The lowest BCUT2D eigenvalue weighted by Gasteiger charge is -2.35. The van der Waals surface area contributed by atoms with Crippen LogP contribution in [-0.2, 0) is 16.1 Å². The number of carbonyl (C=O) groups excluding carboxylic acids is 2. The molecule has 5 heteroatoms. The summed E-state index contributed by atoms with van der Waals surface area (Å²) in [6, 6.07) is 10.4. The normalized spacial score (nSPS) is 15.5. The standard InChI is InChI=1S/C21H33N3O2/c1-17(2)14-24(15-18(3)4)21(26)20(25)23-12-10-22(11-13-23)16-19-8-6-5-7-9-19/h5-9,17-18H,10-16H2,1-4H3. The average molecular weight is 360 g/mol. The zero-order valence-electron chi connectivity index (χ0n) is 16.6. The predicted octanol–water partition coefficient (Wildman–Crippen LogP) is 2.47. The molecule has 5 nitrogen and oxygen atoms in total. The van der Waals surface area contributed by atoms with E-state index in [1.165, 1.54) is 5.56 Å². The number of nitrogens with zero attached hydrogens (tertiary/aromatic N) is 3. The second-order valence-electron chi connectivity index (χ2n) is 8.05. The van der Waals surface area contributed by atoms with Crippen molar-refractivity contribution >= 4 is 11.8 Å². The average Bonchev–Trinajstić information content (AvgIpc) is 2.60. The van der Waals surface area contributed by atoms with Gasteiger partial charge in [0.15, 0.2) is 0 Å². The maximum atomic E-state index is 12.7. The number of hydrogen-bond donors (Lipinski definition) is 0. The molecule has 0 aromatic heterocycles. The number of amides is 2. The van der Waals surface area contributed by atoms with Crippen LogP contribution in [0.3, 0.4) is 0 Å². The molecule has 1 fully saturated rings. The molecule has 26 heavy (non-hydrogen) atoms. The molecule has 0 N–H and O–H groups in total. The summed E-state index contributed by atoms with van der Waals surface area (Å²) >= 11 is 0. The highest BCUT2D eigenvalue weighted by Crippen LogP contribution is 2.11. The third kappa shape index (κ3) is 6.13. The molecule has 144 valence electrons. The molecule has 0 bridgehead atoms. The van der Waals surface area contributed by atoms with Gasteiger partial charge in [-0.25, -0.2) is 0 Å². The van der Waals surface area contributed by atoms with Crippen molar-refractivity contribution in [3.05, 3.63) is 35.9 Å². The van der Waals surface area contributed by atoms with Crippen LogP contribution >= 0.6 is 0 Å². The van der Waals surface area contributed by atoms with Crippen LogP contribution in [0.25, 0.3) is 0 Å². The summed E-state index contributed by atoms with van der Waals surface area (Å²) in [5, 5.41) is 0. The van der Waals surface area contributed by atoms with Gasteiger partial charge in [0.25, 0.3) is 0 Å². The highest BCUT2D eigenvalue weighted by atomic mass is 16.2. The van der Waals surface area contributed by atoms with Crippen LogP contribution < -0.4 is 0 Å². The van der Waals surface area contributed by atoms with Crippen molar-refractivity contribution < 1.29 is 9.59 Å². The maximum absolute atomic E-state index is 12.7. The Morgan fingerprint density at radius 2 is 1.46 bits per heavy atom. The van der Waals surface area contributed by atoms with Crippen LogP contribution in [-0.4, -0.2) is 65.8 Å². The summed E-state index contributed by atoms with van der Waals surface area (Å²) < 4.78 is 0. The Kier molecular flexibility index (Phi) is 7.64. The maximum Gasteiger partial charge on any atom is 0.312 e. The Hall–Kier alpha value is -1.88. The number of carbonyl (C=O) groups is 2. The van der Waals surface area contributed by atoms with E-state index in [9.17, 15) is 9.59 Å². The number of hydrogen-bond acceptors (Lipinski definition) is 3. The molecule has 0 unspecified atom stereocenters. The Bertz CT molecular complexity index is 568. The molecule has 1 aromatic carbocycles. The third-order valence-electron chi connectivity index (χ3n) is 4.55. The van der Waals surface area contributed by atoms with Gasteiger partial charge in [-0.1, -0.05) is 58.0 Å². The molecule has 0 radical (unpaired) electrons. The minimum Gasteiger partial charge on any atom is -0.334 e. The van der Waals surface area contributed by atoms with E-state index in [2.05, 4.69) is 44.7 Å². The first-order valence-corrected chi connectivity index (χ1v) is 9.71. The van der Waals surface area contributed by atoms with Crippen LogP contribution in [0.15, 0.2) is 30.3 Å². The van der Waals surface area contributed by atoms with Crippen molar-refractivity contribution in [2.24, 2.45) is 11.8 Å². The van der Waals surface area contributed by atoms with Gasteiger partial charge in [-0.15, -0.1) is 0 Å². The van der Waals surface area contributed by atoms with Crippen molar-refractivity contribution in [3.8, 4) is 0 Å². The summed E-state index contributed by atoms with van der Waals surface area (Å²) in [7, 11) is 0. The Morgan fingerprint density at radius 3 is 1.96 bits per heavy atom. The minimum atomic E-state index is -0.344. The summed E-state index contributed by atoms with van der Waals surface area (Å²) in [6.45, 7) is 13.3. The van der Waals surface area contributed by atoms with Crippen LogP contribution in [0.1, 0.15) is 33.3 Å². The fourth-order valence-corrected chi connectivity index (χ4v) is 3.34. The van der Waals surface area contributed by atoms with Gasteiger partial charge in [0.2, 0.25) is 0 Å². The lowest BCUT2D eigenvalue weighted by atomic mass is 10.1. The molecule has 2 amide bonds. The lowest BCUT2D eigenvalue weighted by Crippen LogP contribution is -2.53. The van der Waals surface area contributed by atoms with Crippen molar-refractivity contribution in [3.63, 3.8) is 0 Å². The topological polar surface area (TPSA) is 43.9 Å². The van der Waals surface area contributed by atoms with E-state index in [4.69, 9.17) is 0 Å². The summed E-state index contributed by atoms with van der Waals surface area (Å²) in [5.74, 6) is 0.0241. The van der Waals surface area contributed by atoms with Crippen molar-refractivity contribution in [2.45, 2.75) is 34.2 Å². The smallest absolute Gasteiger partial charge is 0.312 e. The molecule has 1 aliphatic heterocycles. The first-order valence-electron chi connectivity index (χ1n) is 9.71. The molecule has 0 spiro atoms. The fourth-order valence-electron chi connectivity index (χ4n) is 3.34. The number of benzene rings is 1.